The molecule has 129 valence electrons. The number of allylic oxidation sites excluding steroid dienone is 3. The number of aliphatic hydroxyl groups is 1. The van der Waals surface area contributed by atoms with Gasteiger partial charge in [-0.05, 0) is 17.1 Å². The molecule has 1 N–H and O–H groups in total. The summed E-state index contributed by atoms with van der Waals surface area (Å²) in [6, 6.07) is 0. The van der Waals surface area contributed by atoms with E-state index in [0.29, 0.717) is 0 Å². The molecule has 22 heavy (non-hydrogen) atoms. The Hall–Kier alpha value is 0.984. The minimum absolute atomic E-state index is 0.0145. The quantitative estimate of drug-likeness (QED) is 0.360. The molecule has 1 aliphatic heterocycles. The van der Waals surface area contributed by atoms with Gasteiger partial charge >= 0.3 is 42.6 Å². The van der Waals surface area contributed by atoms with Gasteiger partial charge in [-0.15, -0.1) is 11.6 Å². The molecule has 0 aliphatic carbocycles. The van der Waals surface area contributed by atoms with Gasteiger partial charge in [-0.1, -0.05) is 47.6 Å². The Bertz CT molecular complexity index is 404. The second kappa shape index (κ2) is 11.5. The van der Waals surface area contributed by atoms with E-state index in [1.165, 1.54) is 5.57 Å². The van der Waals surface area contributed by atoms with Crippen molar-refractivity contribution in [1.82, 2.24) is 0 Å². The van der Waals surface area contributed by atoms with Gasteiger partial charge in [-0.25, -0.2) is 0 Å². The van der Waals surface area contributed by atoms with Crippen LogP contribution in [0.5, 0.6) is 0 Å². The van der Waals surface area contributed by atoms with Crippen LogP contribution in [-0.4, -0.2) is 23.3 Å². The van der Waals surface area contributed by atoms with Crippen LogP contribution in [0, 0.1) is 10.8 Å². The zero-order chi connectivity index (χ0) is 18.1. The van der Waals surface area contributed by atoms with Crippen LogP contribution in [0.2, 0.25) is 0 Å². The van der Waals surface area contributed by atoms with E-state index in [-0.39, 0.29) is 16.2 Å². The van der Waals surface area contributed by atoms with E-state index in [0.717, 1.165) is 12.8 Å². The van der Waals surface area contributed by atoms with Crippen molar-refractivity contribution in [2.45, 2.75) is 46.9 Å². The molecule has 0 spiro atoms. The number of nitrogens with zero attached hydrogens (tertiary/aromatic N) is 1. The van der Waals surface area contributed by atoms with Crippen LogP contribution in [0.3, 0.4) is 0 Å². The van der Waals surface area contributed by atoms with Crippen LogP contribution < -0.4 is 0 Å². The SMILES string of the molecule is CC(C)(C)C1=CC(Cl)C(C(C)(C)C)=NC=C1.CO.[Cl][Ti]([Cl])[Cl]. The predicted molar refractivity (Wildman–Crippen MR) is 98.9 cm³/mol. The fourth-order valence-corrected chi connectivity index (χ4v) is 2.19. The van der Waals surface area contributed by atoms with Gasteiger partial charge < -0.3 is 5.11 Å². The summed E-state index contributed by atoms with van der Waals surface area (Å²) in [5.74, 6) is 0. The fraction of sp³-hybridized carbons (Fsp3) is 0.667. The number of hydrogen-bond donors (Lipinski definition) is 1. The molecule has 0 saturated heterocycles. The summed E-state index contributed by atoms with van der Waals surface area (Å²) in [6.07, 6.45) is 6.06. The zero-order valence-corrected chi connectivity index (χ0v) is 18.8. The molecule has 1 atom stereocenters. The normalized spacial score (nSPS) is 17.9. The van der Waals surface area contributed by atoms with E-state index >= 15 is 0 Å². The summed E-state index contributed by atoms with van der Waals surface area (Å²) in [6.45, 7) is 13.0. The molecular weight excluding hydrogens is 400 g/mol. The molecule has 1 rings (SSSR count). The van der Waals surface area contributed by atoms with Crippen LogP contribution in [0.4, 0.5) is 0 Å². The van der Waals surface area contributed by atoms with Gasteiger partial charge in [-0.2, -0.15) is 0 Å². The van der Waals surface area contributed by atoms with Crippen LogP contribution >= 0.6 is 39.5 Å². The van der Waals surface area contributed by atoms with Crippen molar-refractivity contribution in [2.75, 3.05) is 7.11 Å². The topological polar surface area (TPSA) is 32.6 Å². The molecule has 1 unspecified atom stereocenters. The Morgan fingerprint density at radius 1 is 1.00 bits per heavy atom. The molecule has 0 aromatic carbocycles. The van der Waals surface area contributed by atoms with Crippen molar-refractivity contribution in [3.63, 3.8) is 0 Å². The number of aliphatic hydroxyl groups excluding tert-OH is 1. The van der Waals surface area contributed by atoms with Gasteiger partial charge in [0.15, 0.2) is 0 Å². The molecule has 0 bridgehead atoms. The summed E-state index contributed by atoms with van der Waals surface area (Å²) in [7, 11) is 15.9. The van der Waals surface area contributed by atoms with E-state index in [1.807, 2.05) is 6.20 Å². The standard InChI is InChI=1S/C14H22ClN.CH4O.3ClH.Ti/c1-13(2,3)10-7-8-16-12(11(15)9-10)14(4,5)6;1-2;;;;/h7-9,11H,1-6H3;2H,1H3;3*1H;/q;;;;;+3/p-3. The van der Waals surface area contributed by atoms with Crippen LogP contribution in [0.1, 0.15) is 41.5 Å². The third-order valence-corrected chi connectivity index (χ3v) is 3.02. The summed E-state index contributed by atoms with van der Waals surface area (Å²) < 4.78 is 0. The molecule has 0 radical (unpaired) electrons. The molecule has 0 aromatic heterocycles. The second-order valence-electron chi connectivity index (χ2n) is 6.57. The van der Waals surface area contributed by atoms with Crippen LogP contribution in [0.25, 0.3) is 0 Å². The molecule has 0 fully saturated rings. The molecule has 1 heterocycles. The average molecular weight is 426 g/mol. The molecule has 0 saturated carbocycles. The van der Waals surface area contributed by atoms with Gasteiger partial charge in [0, 0.05) is 24.4 Å². The Balaban J connectivity index is 0. The number of rotatable bonds is 0. The predicted octanol–water partition coefficient (Wildman–Crippen LogP) is 6.26. The van der Waals surface area contributed by atoms with Gasteiger partial charge in [0.05, 0.1) is 5.38 Å². The van der Waals surface area contributed by atoms with E-state index < -0.39 is 14.7 Å². The molecule has 0 amide bonds. The van der Waals surface area contributed by atoms with Crippen molar-refractivity contribution in [1.29, 1.82) is 0 Å². The summed E-state index contributed by atoms with van der Waals surface area (Å²) in [5.41, 5.74) is 2.41. The van der Waals surface area contributed by atoms with Crippen LogP contribution in [-0.2, 0) is 14.7 Å². The van der Waals surface area contributed by atoms with Gasteiger partial charge in [-0.3, -0.25) is 4.99 Å². The summed E-state index contributed by atoms with van der Waals surface area (Å²) in [4.78, 5) is 4.49. The minimum atomic E-state index is -1.92. The molecule has 7 heteroatoms. The van der Waals surface area contributed by atoms with Gasteiger partial charge in [0.1, 0.15) is 0 Å². The number of halogens is 4. The van der Waals surface area contributed by atoms with E-state index in [4.69, 9.17) is 44.6 Å². The van der Waals surface area contributed by atoms with Crippen molar-refractivity contribution in [2.24, 2.45) is 15.8 Å². The van der Waals surface area contributed by atoms with Crippen molar-refractivity contribution in [3.8, 4) is 0 Å². The number of alkyl halides is 1. The Morgan fingerprint density at radius 2 is 1.41 bits per heavy atom. The zero-order valence-electron chi connectivity index (χ0n) is 14.2. The first-order chi connectivity index (χ1) is 9.85. The van der Waals surface area contributed by atoms with Crippen molar-refractivity contribution in [3.05, 3.63) is 23.9 Å². The van der Waals surface area contributed by atoms with Crippen molar-refractivity contribution >= 4 is 45.2 Å². The van der Waals surface area contributed by atoms with Gasteiger partial charge in [0.25, 0.3) is 0 Å². The number of hydrogen-bond acceptors (Lipinski definition) is 2. The summed E-state index contributed by atoms with van der Waals surface area (Å²) in [5, 5.41) is 6.89. The Morgan fingerprint density at radius 3 is 1.73 bits per heavy atom. The molecular formula is C15H26Cl4NOTi. The van der Waals surface area contributed by atoms with Crippen molar-refractivity contribution < 1.29 is 19.8 Å². The Kier molecular flexibility index (Phi) is 13.2. The molecule has 0 aromatic rings. The van der Waals surface area contributed by atoms with Gasteiger partial charge in [0.2, 0.25) is 0 Å². The number of aliphatic imine (C=N–C) groups is 1. The van der Waals surface area contributed by atoms with E-state index in [1.54, 1.807) is 0 Å². The van der Waals surface area contributed by atoms with Crippen LogP contribution in [0.15, 0.2) is 28.9 Å². The first kappa shape index (κ1) is 25.2. The summed E-state index contributed by atoms with van der Waals surface area (Å²) >= 11 is 4.51. The molecule has 2 nitrogen and oxygen atoms in total. The first-order valence-electron chi connectivity index (χ1n) is 6.75. The molecule has 1 aliphatic rings. The van der Waals surface area contributed by atoms with E-state index in [9.17, 15) is 0 Å². The maximum absolute atomic E-state index is 7.00. The fourth-order valence-electron chi connectivity index (χ4n) is 1.67. The Labute approximate surface area is 158 Å². The second-order valence-corrected chi connectivity index (χ2v) is 14.8. The average Bonchev–Trinajstić information content (AvgIpc) is 2.51. The monoisotopic (exact) mass is 424 g/mol. The maximum atomic E-state index is 7.00. The first-order valence-corrected chi connectivity index (χ1v) is 13.6. The third kappa shape index (κ3) is 11.5. The van der Waals surface area contributed by atoms with E-state index in [2.05, 4.69) is 58.7 Å². The third-order valence-electron chi connectivity index (χ3n) is 2.69.